The van der Waals surface area contributed by atoms with Crippen LogP contribution < -0.4 is 14.2 Å². The molecule has 0 aromatic heterocycles. The molecule has 178 valence electrons. The van der Waals surface area contributed by atoms with Gasteiger partial charge in [-0.3, -0.25) is 14.4 Å². The minimum absolute atomic E-state index is 0.0143. The molecular formula is C25H25NO8. The van der Waals surface area contributed by atoms with Crippen LogP contribution in [0.4, 0.5) is 0 Å². The van der Waals surface area contributed by atoms with Crippen LogP contribution in [0.2, 0.25) is 0 Å². The van der Waals surface area contributed by atoms with E-state index >= 15 is 0 Å². The van der Waals surface area contributed by atoms with Gasteiger partial charge in [-0.05, 0) is 54.8 Å². The number of methoxy groups -OCH3 is 1. The van der Waals surface area contributed by atoms with Crippen molar-refractivity contribution in [1.29, 1.82) is 0 Å². The molecule has 2 aliphatic rings. The van der Waals surface area contributed by atoms with E-state index in [9.17, 15) is 19.5 Å². The largest absolute Gasteiger partial charge is 0.507 e. The van der Waals surface area contributed by atoms with Crippen molar-refractivity contribution in [2.24, 2.45) is 0 Å². The number of hydrogen-bond donors (Lipinski definition) is 2. The number of carbonyl (C=O) groups is 3. The van der Waals surface area contributed by atoms with Crippen molar-refractivity contribution in [3.63, 3.8) is 0 Å². The molecular weight excluding hydrogens is 442 g/mol. The number of carbonyl (C=O) groups excluding carboxylic acids is 2. The minimum Gasteiger partial charge on any atom is -0.507 e. The van der Waals surface area contributed by atoms with Crippen molar-refractivity contribution in [2.45, 2.75) is 31.7 Å². The number of unbranched alkanes of at least 4 members (excludes halogenated alkanes) is 2. The number of ketones is 1. The monoisotopic (exact) mass is 467 g/mol. The number of Topliss-reactive ketones (excluding diaryl/α,β-unsaturated/α-hetero) is 1. The summed E-state index contributed by atoms with van der Waals surface area (Å²) in [6, 6.07) is 10.9. The summed E-state index contributed by atoms with van der Waals surface area (Å²) in [7, 11) is 1.52. The number of rotatable bonds is 9. The van der Waals surface area contributed by atoms with Gasteiger partial charge in [0.05, 0.1) is 18.7 Å². The summed E-state index contributed by atoms with van der Waals surface area (Å²) in [5, 5.41) is 19.9. The molecule has 2 aromatic carbocycles. The number of aliphatic hydroxyl groups is 1. The molecule has 0 spiro atoms. The molecule has 0 bridgehead atoms. The quantitative estimate of drug-likeness (QED) is 0.249. The van der Waals surface area contributed by atoms with E-state index < -0.39 is 23.7 Å². The Bertz CT molecular complexity index is 1140. The van der Waals surface area contributed by atoms with Crippen LogP contribution in [0, 0.1) is 0 Å². The molecule has 34 heavy (non-hydrogen) atoms. The summed E-state index contributed by atoms with van der Waals surface area (Å²) in [6.07, 6.45) is 1.62. The molecule has 1 fully saturated rings. The number of benzene rings is 2. The highest BCUT2D eigenvalue weighted by molar-refractivity contribution is 6.46. The molecule has 9 heteroatoms. The first-order valence-electron chi connectivity index (χ1n) is 10.9. The van der Waals surface area contributed by atoms with Crippen molar-refractivity contribution in [3.8, 4) is 17.2 Å². The molecule has 2 aromatic rings. The van der Waals surface area contributed by atoms with E-state index in [4.69, 9.17) is 19.3 Å². The fourth-order valence-electron chi connectivity index (χ4n) is 4.18. The van der Waals surface area contributed by atoms with Crippen LogP contribution in [0.3, 0.4) is 0 Å². The minimum atomic E-state index is -0.875. The molecule has 1 saturated heterocycles. The Morgan fingerprint density at radius 2 is 1.76 bits per heavy atom. The Labute approximate surface area is 196 Å². The van der Waals surface area contributed by atoms with E-state index in [1.165, 1.54) is 12.0 Å². The highest BCUT2D eigenvalue weighted by Crippen LogP contribution is 2.43. The number of nitrogens with zero attached hydrogens (tertiary/aromatic N) is 1. The van der Waals surface area contributed by atoms with Gasteiger partial charge < -0.3 is 29.3 Å². The summed E-state index contributed by atoms with van der Waals surface area (Å²) in [5.41, 5.74) is 0.967. The molecule has 2 heterocycles. The number of amides is 1. The fourth-order valence-corrected chi connectivity index (χ4v) is 4.18. The fraction of sp³-hybridized carbons (Fsp3) is 0.320. The lowest BCUT2D eigenvalue weighted by atomic mass is 9.95. The Morgan fingerprint density at radius 3 is 2.47 bits per heavy atom. The van der Waals surface area contributed by atoms with Gasteiger partial charge in [0.25, 0.3) is 11.7 Å². The molecule has 1 amide bonds. The highest BCUT2D eigenvalue weighted by atomic mass is 16.7. The zero-order valence-corrected chi connectivity index (χ0v) is 18.7. The number of fused-ring (bicyclic) bond motifs is 1. The third-order valence-electron chi connectivity index (χ3n) is 5.91. The third kappa shape index (κ3) is 4.54. The first kappa shape index (κ1) is 23.2. The summed E-state index contributed by atoms with van der Waals surface area (Å²) in [5.74, 6) is -1.00. The molecule has 0 aliphatic carbocycles. The zero-order valence-electron chi connectivity index (χ0n) is 18.7. The molecule has 0 saturated carbocycles. The Hall–Kier alpha value is -4.01. The normalized spacial score (nSPS) is 18.4. The van der Waals surface area contributed by atoms with Gasteiger partial charge in [0.15, 0.2) is 11.5 Å². The van der Waals surface area contributed by atoms with Crippen molar-refractivity contribution < 1.29 is 38.8 Å². The van der Waals surface area contributed by atoms with Gasteiger partial charge in [-0.1, -0.05) is 12.5 Å². The van der Waals surface area contributed by atoms with Crippen molar-refractivity contribution >= 4 is 23.4 Å². The van der Waals surface area contributed by atoms with Crippen molar-refractivity contribution in [1.82, 2.24) is 4.90 Å². The van der Waals surface area contributed by atoms with Crippen LogP contribution in [-0.4, -0.2) is 53.2 Å². The second kappa shape index (κ2) is 9.86. The van der Waals surface area contributed by atoms with Crippen LogP contribution in [0.5, 0.6) is 17.2 Å². The lowest BCUT2D eigenvalue weighted by molar-refractivity contribution is -0.140. The van der Waals surface area contributed by atoms with Crippen LogP contribution in [0.15, 0.2) is 48.0 Å². The van der Waals surface area contributed by atoms with Gasteiger partial charge in [-0.15, -0.1) is 0 Å². The van der Waals surface area contributed by atoms with E-state index in [0.717, 1.165) is 0 Å². The molecule has 2 aliphatic heterocycles. The lowest BCUT2D eigenvalue weighted by Gasteiger charge is -2.25. The zero-order chi connectivity index (χ0) is 24.2. The van der Waals surface area contributed by atoms with Gasteiger partial charge in [-0.2, -0.15) is 0 Å². The molecule has 1 unspecified atom stereocenters. The number of carboxylic acid groups (broad SMARTS) is 1. The smallest absolute Gasteiger partial charge is 0.303 e. The van der Waals surface area contributed by atoms with Gasteiger partial charge >= 0.3 is 5.97 Å². The first-order chi connectivity index (χ1) is 16.4. The summed E-state index contributed by atoms with van der Waals surface area (Å²) in [4.78, 5) is 38.3. The maximum atomic E-state index is 13.1. The number of aliphatic carboxylic acids is 1. The second-order valence-corrected chi connectivity index (χ2v) is 8.04. The summed E-state index contributed by atoms with van der Waals surface area (Å²) < 4.78 is 16.0. The van der Waals surface area contributed by atoms with Gasteiger partial charge in [-0.25, -0.2) is 0 Å². The van der Waals surface area contributed by atoms with Crippen LogP contribution in [-0.2, 0) is 14.4 Å². The standard InChI is InChI=1S/C25H25NO8/c1-32-17-9-6-15(7-10-17)23(29)21-22(16-8-11-18-19(13-16)34-14-33-18)26(25(31)24(21)30)12-4-2-3-5-20(27)28/h6-11,13,22,29H,2-5,12,14H2,1H3,(H,27,28)/b23-21-. The lowest BCUT2D eigenvalue weighted by Crippen LogP contribution is -2.30. The molecule has 9 nitrogen and oxygen atoms in total. The summed E-state index contributed by atoms with van der Waals surface area (Å²) in [6.45, 7) is 0.317. The summed E-state index contributed by atoms with van der Waals surface area (Å²) >= 11 is 0. The van der Waals surface area contributed by atoms with Crippen LogP contribution in [0.25, 0.3) is 5.76 Å². The van der Waals surface area contributed by atoms with Gasteiger partial charge in [0, 0.05) is 18.5 Å². The molecule has 0 radical (unpaired) electrons. The average molecular weight is 467 g/mol. The molecule has 4 rings (SSSR count). The topological polar surface area (TPSA) is 123 Å². The average Bonchev–Trinajstić information content (AvgIpc) is 3.40. The first-order valence-corrected chi connectivity index (χ1v) is 10.9. The number of aliphatic hydroxyl groups excluding tert-OH is 1. The van der Waals surface area contributed by atoms with Crippen molar-refractivity contribution in [2.75, 3.05) is 20.4 Å². The Kier molecular flexibility index (Phi) is 6.72. The predicted molar refractivity (Wildman–Crippen MR) is 121 cm³/mol. The SMILES string of the molecule is COc1ccc(/C(O)=C2/C(=O)C(=O)N(CCCCCC(=O)O)C2c2ccc3c(c2)OCO3)cc1. The van der Waals surface area contributed by atoms with E-state index in [1.54, 1.807) is 42.5 Å². The number of ether oxygens (including phenoxy) is 3. The van der Waals surface area contributed by atoms with Gasteiger partial charge in [0.1, 0.15) is 11.5 Å². The van der Waals surface area contributed by atoms with Crippen molar-refractivity contribution in [3.05, 3.63) is 59.2 Å². The number of carboxylic acids is 1. The van der Waals surface area contributed by atoms with E-state index in [1.807, 2.05) is 0 Å². The van der Waals surface area contributed by atoms with Gasteiger partial charge in [0.2, 0.25) is 6.79 Å². The maximum absolute atomic E-state index is 13.1. The predicted octanol–water partition coefficient (Wildman–Crippen LogP) is 3.49. The molecule has 1 atom stereocenters. The number of hydrogen-bond acceptors (Lipinski definition) is 7. The van der Waals surface area contributed by atoms with E-state index in [2.05, 4.69) is 0 Å². The van der Waals surface area contributed by atoms with Crippen LogP contribution >= 0.6 is 0 Å². The second-order valence-electron chi connectivity index (χ2n) is 8.04. The molecule has 2 N–H and O–H groups in total. The van der Waals surface area contributed by atoms with E-state index in [-0.39, 0.29) is 31.1 Å². The van der Waals surface area contributed by atoms with E-state index in [0.29, 0.717) is 47.6 Å². The Balaban J connectivity index is 1.70. The Morgan fingerprint density at radius 1 is 1.03 bits per heavy atom. The number of likely N-dealkylation sites (tertiary alicyclic amines) is 1. The maximum Gasteiger partial charge on any atom is 0.303 e. The third-order valence-corrected chi connectivity index (χ3v) is 5.91. The highest BCUT2D eigenvalue weighted by Gasteiger charge is 2.46. The van der Waals surface area contributed by atoms with Crippen LogP contribution in [0.1, 0.15) is 42.9 Å².